The van der Waals surface area contributed by atoms with E-state index in [-0.39, 0.29) is 61.4 Å². The van der Waals surface area contributed by atoms with E-state index in [4.69, 9.17) is 17.2 Å². The molecule has 3 aromatic rings. The van der Waals surface area contributed by atoms with Gasteiger partial charge in [-0.25, -0.2) is 0 Å². The highest BCUT2D eigenvalue weighted by atomic mass is 32.2. The molecule has 0 radical (unpaired) electrons. The largest absolute Gasteiger partial charge is 0.508 e. The lowest BCUT2D eigenvalue weighted by Crippen LogP contribution is -2.58. The molecule has 0 aromatic heterocycles. The van der Waals surface area contributed by atoms with Crippen LogP contribution in [-0.4, -0.2) is 87.5 Å². The number of thioether (sulfide) groups is 1. The predicted molar refractivity (Wildman–Crippen MR) is 222 cm³/mol. The number of nitrogens with zero attached hydrogens (tertiary/aromatic N) is 1. The minimum absolute atomic E-state index is 0.00271. The van der Waals surface area contributed by atoms with Crippen LogP contribution in [0.3, 0.4) is 0 Å². The number of hydrogen-bond donors (Lipinski definition) is 9. The van der Waals surface area contributed by atoms with E-state index in [0.29, 0.717) is 28.0 Å². The molecule has 5 atom stereocenters. The van der Waals surface area contributed by atoms with Crippen molar-refractivity contribution in [3.8, 4) is 11.5 Å². The zero-order valence-corrected chi connectivity index (χ0v) is 33.9. The normalized spacial score (nSPS) is 13.6. The molecule has 4 amide bonds. The van der Waals surface area contributed by atoms with Crippen LogP contribution in [0.1, 0.15) is 68.4 Å². The average molecular weight is 819 g/mol. The molecule has 0 heterocycles. The van der Waals surface area contributed by atoms with Gasteiger partial charge in [0, 0.05) is 29.8 Å². The van der Waals surface area contributed by atoms with Crippen molar-refractivity contribution in [2.45, 2.75) is 94.9 Å². The van der Waals surface area contributed by atoms with Crippen molar-refractivity contribution in [3.63, 3.8) is 0 Å². The Bertz CT molecular complexity index is 1900. The Balaban J connectivity index is 1.81. The van der Waals surface area contributed by atoms with Crippen molar-refractivity contribution in [2.24, 2.45) is 28.1 Å². The van der Waals surface area contributed by atoms with Crippen LogP contribution in [0.2, 0.25) is 0 Å². The quantitative estimate of drug-likeness (QED) is 0.0245. The van der Waals surface area contributed by atoms with Gasteiger partial charge in [-0.2, -0.15) is 0 Å². The van der Waals surface area contributed by atoms with Crippen LogP contribution in [0, 0.1) is 5.92 Å². The number of carbonyl (C=O) groups excluding carboxylic acids is 6. The number of aliphatic imine (C=N–C) groups is 1. The lowest BCUT2D eigenvalue weighted by molar-refractivity contribution is -0.134. The molecule has 0 fully saturated rings. The summed E-state index contributed by atoms with van der Waals surface area (Å²) < 4.78 is 0. The third-order valence-corrected chi connectivity index (χ3v) is 9.85. The minimum atomic E-state index is -1.22. The van der Waals surface area contributed by atoms with Crippen molar-refractivity contribution in [2.75, 3.05) is 6.54 Å². The summed E-state index contributed by atoms with van der Waals surface area (Å²) >= 11 is 0.872. The topological polar surface area (TPSA) is 281 Å². The first-order chi connectivity index (χ1) is 27.4. The van der Waals surface area contributed by atoms with Crippen LogP contribution < -0.4 is 38.5 Å². The van der Waals surface area contributed by atoms with E-state index in [0.717, 1.165) is 11.8 Å². The standard InChI is InChI=1S/C41H54N8O8S/c1-23(2)20-32(42)37(54)48-34(21-26-7-13-29(51)14-8-26)39(56)47-33(6-5-19-45-41(43)44)38(55)46-24(3)36(53)49-35(22-27-9-15-30(52)16-10-27)40(57)58-31-17-11-28(12-18-31)25(4)50/h7-18,23-24,32-35,51-52H,5-6,19-22,42H2,1-4H3,(H,46,55)(H,47,56)(H,48,54)(H,49,53)(H4,43,44,45)/t24-,32-,33-,34-,35-/m0/s1. The Morgan fingerprint density at radius 1 is 0.672 bits per heavy atom. The number of ketones is 1. The number of carbonyl (C=O) groups is 6. The Morgan fingerprint density at radius 3 is 1.69 bits per heavy atom. The molecule has 312 valence electrons. The van der Waals surface area contributed by atoms with E-state index in [9.17, 15) is 39.0 Å². The fourth-order valence-electron chi connectivity index (χ4n) is 5.70. The number of guanidine groups is 1. The SMILES string of the molecule is CC(=O)c1ccc(SC(=O)[C@H](Cc2ccc(O)cc2)NC(=O)[C@H](C)NC(=O)[C@H](CCCN=C(N)N)NC(=O)[C@H](Cc2ccc(O)cc2)NC(=O)[C@@H](N)CC(C)C)cc1. The summed E-state index contributed by atoms with van der Waals surface area (Å²) in [7, 11) is 0. The van der Waals surface area contributed by atoms with Gasteiger partial charge in [0.15, 0.2) is 11.7 Å². The van der Waals surface area contributed by atoms with E-state index in [2.05, 4.69) is 26.3 Å². The molecule has 0 unspecified atom stereocenters. The predicted octanol–water partition coefficient (Wildman–Crippen LogP) is 1.79. The highest BCUT2D eigenvalue weighted by molar-refractivity contribution is 8.13. The second-order valence-electron chi connectivity index (χ2n) is 14.3. The third kappa shape index (κ3) is 15.9. The average Bonchev–Trinajstić information content (AvgIpc) is 3.16. The van der Waals surface area contributed by atoms with Gasteiger partial charge in [0.25, 0.3) is 0 Å². The van der Waals surface area contributed by atoms with E-state index < -0.39 is 59.0 Å². The van der Waals surface area contributed by atoms with Crippen LogP contribution in [0.25, 0.3) is 0 Å². The van der Waals surface area contributed by atoms with Crippen molar-refractivity contribution in [3.05, 3.63) is 89.5 Å². The summed E-state index contributed by atoms with van der Waals surface area (Å²) in [6, 6.07) is 13.1. The van der Waals surface area contributed by atoms with Crippen LogP contribution >= 0.6 is 11.8 Å². The van der Waals surface area contributed by atoms with Gasteiger partial charge in [0.1, 0.15) is 35.7 Å². The molecule has 0 aliphatic rings. The number of aromatic hydroxyl groups is 2. The Morgan fingerprint density at radius 2 is 1.17 bits per heavy atom. The molecule has 17 heteroatoms. The van der Waals surface area contributed by atoms with Crippen molar-refractivity contribution in [1.82, 2.24) is 21.3 Å². The number of hydrogen-bond acceptors (Lipinski definition) is 11. The molecule has 0 spiro atoms. The number of rotatable bonds is 21. The zero-order chi connectivity index (χ0) is 42.9. The monoisotopic (exact) mass is 818 g/mol. The second-order valence-corrected chi connectivity index (χ2v) is 15.4. The lowest BCUT2D eigenvalue weighted by atomic mass is 10.0. The smallest absolute Gasteiger partial charge is 0.243 e. The Labute approximate surface area is 342 Å². The van der Waals surface area contributed by atoms with Crippen LogP contribution in [-0.2, 0) is 36.8 Å². The molecule has 0 saturated heterocycles. The van der Waals surface area contributed by atoms with Crippen LogP contribution in [0.4, 0.5) is 0 Å². The highest BCUT2D eigenvalue weighted by Gasteiger charge is 2.31. The summed E-state index contributed by atoms with van der Waals surface area (Å²) in [5, 5.41) is 29.9. The van der Waals surface area contributed by atoms with E-state index in [1.165, 1.54) is 38.1 Å². The molecular weight excluding hydrogens is 765 g/mol. The van der Waals surface area contributed by atoms with Gasteiger partial charge in [-0.15, -0.1) is 0 Å². The lowest BCUT2D eigenvalue weighted by Gasteiger charge is -2.26. The fraction of sp³-hybridized carbons (Fsp3) is 0.390. The summed E-state index contributed by atoms with van der Waals surface area (Å²) in [5.74, 6) is -2.84. The molecule has 58 heavy (non-hydrogen) atoms. The summed E-state index contributed by atoms with van der Waals surface area (Å²) in [6.45, 7) is 6.80. The summed E-state index contributed by atoms with van der Waals surface area (Å²) in [4.78, 5) is 84.2. The molecular formula is C41H54N8O8S. The number of Topliss-reactive ketones (excluding diaryl/α,β-unsaturated/α-hetero) is 1. The van der Waals surface area contributed by atoms with Crippen molar-refractivity contribution in [1.29, 1.82) is 0 Å². The van der Waals surface area contributed by atoms with Crippen molar-refractivity contribution < 1.29 is 39.0 Å². The van der Waals surface area contributed by atoms with E-state index >= 15 is 0 Å². The molecule has 0 bridgehead atoms. The number of amides is 4. The second kappa shape index (κ2) is 22.7. The first-order valence-corrected chi connectivity index (χ1v) is 19.6. The zero-order valence-electron chi connectivity index (χ0n) is 33.1. The molecule has 0 aliphatic heterocycles. The molecule has 3 aromatic carbocycles. The molecule has 0 saturated carbocycles. The number of phenolic OH excluding ortho intramolecular Hbond substituents is 2. The van der Waals surface area contributed by atoms with E-state index in [1.807, 2.05) is 13.8 Å². The van der Waals surface area contributed by atoms with Gasteiger partial charge in [0.05, 0.1) is 6.04 Å². The molecule has 12 N–H and O–H groups in total. The van der Waals surface area contributed by atoms with Gasteiger partial charge in [-0.1, -0.05) is 50.2 Å². The van der Waals surface area contributed by atoms with E-state index in [1.54, 1.807) is 48.5 Å². The first kappa shape index (κ1) is 46.4. The number of phenols is 2. The highest BCUT2D eigenvalue weighted by Crippen LogP contribution is 2.23. The third-order valence-electron chi connectivity index (χ3n) is 8.86. The Hall–Kier alpha value is -5.94. The van der Waals surface area contributed by atoms with Crippen LogP contribution in [0.15, 0.2) is 82.7 Å². The molecule has 16 nitrogen and oxygen atoms in total. The van der Waals surface area contributed by atoms with Gasteiger partial charge in [-0.05, 0) is 98.3 Å². The maximum Gasteiger partial charge on any atom is 0.243 e. The van der Waals surface area contributed by atoms with Crippen LogP contribution in [0.5, 0.6) is 11.5 Å². The number of benzene rings is 3. The van der Waals surface area contributed by atoms with Gasteiger partial charge in [0.2, 0.25) is 28.7 Å². The van der Waals surface area contributed by atoms with Gasteiger partial charge >= 0.3 is 0 Å². The molecule has 3 rings (SSSR count). The van der Waals surface area contributed by atoms with Crippen molar-refractivity contribution >= 4 is 52.2 Å². The maximum atomic E-state index is 13.9. The number of nitrogens with two attached hydrogens (primary N) is 3. The number of nitrogens with one attached hydrogen (secondary N) is 4. The molecule has 0 aliphatic carbocycles. The minimum Gasteiger partial charge on any atom is -0.508 e. The summed E-state index contributed by atoms with van der Waals surface area (Å²) in [5.41, 5.74) is 18.8. The fourth-order valence-corrected chi connectivity index (χ4v) is 6.49. The maximum absolute atomic E-state index is 13.9. The van der Waals surface area contributed by atoms with Gasteiger partial charge in [-0.3, -0.25) is 33.8 Å². The first-order valence-electron chi connectivity index (χ1n) is 18.8. The van der Waals surface area contributed by atoms with Gasteiger partial charge < -0.3 is 48.7 Å². The Kier molecular flexibility index (Phi) is 18.2. The summed E-state index contributed by atoms with van der Waals surface area (Å²) in [6.07, 6.45) is 0.712.